The molecule has 0 bridgehead atoms. The van der Waals surface area contributed by atoms with Crippen LogP contribution in [-0.4, -0.2) is 5.91 Å². The monoisotopic (exact) mass is 337 g/mol. The fourth-order valence-electron chi connectivity index (χ4n) is 2.97. The first-order chi connectivity index (χ1) is 11.2. The van der Waals surface area contributed by atoms with Gasteiger partial charge >= 0.3 is 6.18 Å². The summed E-state index contributed by atoms with van der Waals surface area (Å²) in [6.45, 7) is 3.94. The van der Waals surface area contributed by atoms with E-state index < -0.39 is 17.2 Å². The van der Waals surface area contributed by atoms with Crippen LogP contribution in [-0.2, 0) is 22.9 Å². The highest BCUT2D eigenvalue weighted by Gasteiger charge is 2.51. The van der Waals surface area contributed by atoms with Crippen molar-refractivity contribution in [2.24, 2.45) is 0 Å². The van der Waals surface area contributed by atoms with Gasteiger partial charge in [0.15, 0.2) is 0 Å². The molecule has 0 saturated heterocycles. The van der Waals surface area contributed by atoms with Gasteiger partial charge in [-0.1, -0.05) is 18.2 Å². The zero-order valence-electron chi connectivity index (χ0n) is 13.5. The summed E-state index contributed by atoms with van der Waals surface area (Å²) in [5.41, 5.74) is -0.260. The van der Waals surface area contributed by atoms with Crippen LogP contribution < -0.4 is 5.32 Å². The van der Waals surface area contributed by atoms with Crippen molar-refractivity contribution in [1.82, 2.24) is 5.32 Å². The van der Waals surface area contributed by atoms with Crippen LogP contribution in [0.15, 0.2) is 34.7 Å². The number of alkyl halides is 3. The number of carbonyl (C=O) groups is 1. The Morgan fingerprint density at radius 2 is 1.96 bits per heavy atom. The Bertz CT molecular complexity index is 773. The summed E-state index contributed by atoms with van der Waals surface area (Å²) in [7, 11) is 0. The molecule has 0 aliphatic heterocycles. The molecule has 1 fully saturated rings. The molecule has 24 heavy (non-hydrogen) atoms. The number of rotatable bonds is 4. The van der Waals surface area contributed by atoms with E-state index in [4.69, 9.17) is 4.42 Å². The number of furan rings is 1. The van der Waals surface area contributed by atoms with E-state index in [1.54, 1.807) is 6.07 Å². The van der Waals surface area contributed by atoms with Crippen LogP contribution in [0.25, 0.3) is 0 Å². The topological polar surface area (TPSA) is 42.2 Å². The van der Waals surface area contributed by atoms with Crippen LogP contribution in [0.3, 0.4) is 0 Å². The second-order valence-electron chi connectivity index (χ2n) is 6.28. The van der Waals surface area contributed by atoms with Crippen molar-refractivity contribution in [3.63, 3.8) is 0 Å². The summed E-state index contributed by atoms with van der Waals surface area (Å²) in [5.74, 6) is 1.26. The van der Waals surface area contributed by atoms with Gasteiger partial charge in [-0.2, -0.15) is 13.2 Å². The Kier molecular flexibility index (Phi) is 3.94. The number of halogens is 3. The summed E-state index contributed by atoms with van der Waals surface area (Å²) < 4.78 is 44.1. The van der Waals surface area contributed by atoms with Gasteiger partial charge in [-0.25, -0.2) is 0 Å². The number of amides is 1. The van der Waals surface area contributed by atoms with Crippen molar-refractivity contribution in [3.05, 3.63) is 58.5 Å². The van der Waals surface area contributed by atoms with Crippen LogP contribution in [0.4, 0.5) is 13.2 Å². The molecule has 3 nitrogen and oxygen atoms in total. The zero-order valence-corrected chi connectivity index (χ0v) is 13.5. The van der Waals surface area contributed by atoms with Gasteiger partial charge in [0.2, 0.25) is 5.91 Å². The van der Waals surface area contributed by atoms with Crippen molar-refractivity contribution >= 4 is 5.91 Å². The first-order valence-electron chi connectivity index (χ1n) is 7.74. The van der Waals surface area contributed by atoms with Gasteiger partial charge in [0, 0.05) is 12.1 Å². The first-order valence-corrected chi connectivity index (χ1v) is 7.74. The third-order valence-electron chi connectivity index (χ3n) is 4.51. The van der Waals surface area contributed by atoms with E-state index in [9.17, 15) is 18.0 Å². The van der Waals surface area contributed by atoms with Gasteiger partial charge in [0.25, 0.3) is 0 Å². The van der Waals surface area contributed by atoms with Crippen molar-refractivity contribution < 1.29 is 22.4 Å². The summed E-state index contributed by atoms with van der Waals surface area (Å²) in [5, 5.41) is 2.83. The van der Waals surface area contributed by atoms with Crippen LogP contribution in [0.2, 0.25) is 0 Å². The summed E-state index contributed by atoms with van der Waals surface area (Å²) in [6, 6.07) is 6.90. The molecule has 0 atom stereocenters. The lowest BCUT2D eigenvalue weighted by Gasteiger charge is -2.17. The quantitative estimate of drug-likeness (QED) is 0.906. The minimum atomic E-state index is -4.41. The lowest BCUT2D eigenvalue weighted by atomic mass is 9.93. The summed E-state index contributed by atoms with van der Waals surface area (Å²) in [6.07, 6.45) is -3.29. The minimum Gasteiger partial charge on any atom is -0.466 e. The van der Waals surface area contributed by atoms with E-state index in [1.165, 1.54) is 6.07 Å². The maximum absolute atomic E-state index is 12.9. The average Bonchev–Trinajstić information content (AvgIpc) is 3.26. The summed E-state index contributed by atoms with van der Waals surface area (Å²) >= 11 is 0. The molecule has 1 amide bonds. The largest absolute Gasteiger partial charge is 0.466 e. The standard InChI is InChI=1S/C18H18F3NO2/c1-11-8-13(12(2)24-11)10-22-16(23)17(6-7-17)14-4-3-5-15(9-14)18(19,20)21/h3-5,8-9H,6-7,10H2,1-2H3,(H,22,23). The predicted octanol–water partition coefficient (Wildman–Crippen LogP) is 4.26. The maximum Gasteiger partial charge on any atom is 0.416 e. The highest BCUT2D eigenvalue weighted by Crippen LogP contribution is 2.49. The van der Waals surface area contributed by atoms with Gasteiger partial charge in [-0.15, -0.1) is 0 Å². The molecular weight excluding hydrogens is 319 g/mol. The van der Waals surface area contributed by atoms with E-state index in [0.717, 1.165) is 29.2 Å². The molecule has 2 aromatic rings. The van der Waals surface area contributed by atoms with Crippen molar-refractivity contribution in [2.45, 2.75) is 44.8 Å². The molecule has 1 N–H and O–H groups in total. The van der Waals surface area contributed by atoms with E-state index in [1.807, 2.05) is 19.9 Å². The van der Waals surface area contributed by atoms with Crippen molar-refractivity contribution in [3.8, 4) is 0 Å². The fraction of sp³-hybridized carbons (Fsp3) is 0.389. The first kappa shape index (κ1) is 16.6. The highest BCUT2D eigenvalue weighted by atomic mass is 19.4. The Morgan fingerprint density at radius 3 is 2.50 bits per heavy atom. The normalized spacial score (nSPS) is 16.0. The molecule has 0 unspecified atom stereocenters. The van der Waals surface area contributed by atoms with Crippen LogP contribution in [0, 0.1) is 13.8 Å². The van der Waals surface area contributed by atoms with E-state index in [2.05, 4.69) is 5.32 Å². The molecule has 1 heterocycles. The van der Waals surface area contributed by atoms with Crippen molar-refractivity contribution in [1.29, 1.82) is 0 Å². The molecule has 3 rings (SSSR count). The minimum absolute atomic E-state index is 0.236. The lowest BCUT2D eigenvalue weighted by Crippen LogP contribution is -2.34. The van der Waals surface area contributed by atoms with E-state index in [0.29, 0.717) is 24.9 Å². The van der Waals surface area contributed by atoms with Gasteiger partial charge in [-0.05, 0) is 44.4 Å². The molecular formula is C18H18F3NO2. The lowest BCUT2D eigenvalue weighted by molar-refractivity contribution is -0.137. The Labute approximate surface area is 137 Å². The Balaban J connectivity index is 1.76. The van der Waals surface area contributed by atoms with Crippen LogP contribution >= 0.6 is 0 Å². The SMILES string of the molecule is Cc1cc(CNC(=O)C2(c3cccc(C(F)(F)F)c3)CC2)c(C)o1. The van der Waals surface area contributed by atoms with Gasteiger partial charge in [0.05, 0.1) is 11.0 Å². The number of benzene rings is 1. The predicted molar refractivity (Wildman–Crippen MR) is 82.4 cm³/mol. The number of carbonyl (C=O) groups excluding carboxylic acids is 1. The molecule has 128 valence electrons. The molecule has 1 aliphatic rings. The maximum atomic E-state index is 12.9. The fourth-order valence-corrected chi connectivity index (χ4v) is 2.97. The Hall–Kier alpha value is -2.24. The molecule has 6 heteroatoms. The van der Waals surface area contributed by atoms with Gasteiger partial charge in [-0.3, -0.25) is 4.79 Å². The molecule has 1 aliphatic carbocycles. The second-order valence-corrected chi connectivity index (χ2v) is 6.28. The Morgan fingerprint density at radius 1 is 1.25 bits per heavy atom. The molecule has 0 radical (unpaired) electrons. The molecule has 0 spiro atoms. The number of nitrogens with one attached hydrogen (secondary N) is 1. The third-order valence-corrected chi connectivity index (χ3v) is 4.51. The van der Waals surface area contributed by atoms with Crippen LogP contribution in [0.1, 0.15) is 41.1 Å². The number of hydrogen-bond acceptors (Lipinski definition) is 2. The number of aryl methyl sites for hydroxylation is 2. The van der Waals surface area contributed by atoms with Gasteiger partial charge < -0.3 is 9.73 Å². The molecule has 1 aromatic carbocycles. The second kappa shape index (κ2) is 5.69. The highest BCUT2D eigenvalue weighted by molar-refractivity contribution is 5.91. The molecule has 1 saturated carbocycles. The van der Waals surface area contributed by atoms with Crippen LogP contribution in [0.5, 0.6) is 0 Å². The van der Waals surface area contributed by atoms with Gasteiger partial charge in [0.1, 0.15) is 11.5 Å². The van der Waals surface area contributed by atoms with E-state index in [-0.39, 0.29) is 5.91 Å². The third kappa shape index (κ3) is 3.05. The average molecular weight is 337 g/mol. The number of hydrogen-bond donors (Lipinski definition) is 1. The molecule has 1 aromatic heterocycles. The van der Waals surface area contributed by atoms with Crippen molar-refractivity contribution in [2.75, 3.05) is 0 Å². The smallest absolute Gasteiger partial charge is 0.416 e. The zero-order chi connectivity index (χ0) is 17.5. The van der Waals surface area contributed by atoms with E-state index >= 15 is 0 Å². The summed E-state index contributed by atoms with van der Waals surface area (Å²) in [4.78, 5) is 12.6.